The van der Waals surface area contributed by atoms with E-state index in [0.717, 1.165) is 25.9 Å². The number of unbranched alkanes of at least 4 members (excludes halogenated alkanes) is 5. The smallest absolute Gasteiger partial charge is 0.157 e. The van der Waals surface area contributed by atoms with Crippen LogP contribution >= 0.6 is 0 Å². The molecular weight excluding hydrogens is 252 g/mol. The average molecular weight is 286 g/mol. The van der Waals surface area contributed by atoms with Crippen molar-refractivity contribution in [1.29, 1.82) is 0 Å². The Bertz CT molecular complexity index is 227. The first-order valence-electron chi connectivity index (χ1n) is 8.42. The van der Waals surface area contributed by atoms with Gasteiger partial charge in [0, 0.05) is 13.0 Å². The fourth-order valence-electron chi connectivity index (χ4n) is 2.52. The summed E-state index contributed by atoms with van der Waals surface area (Å²) in [6.45, 7) is 10.0. The molecular formula is C17H34O3. The molecule has 1 fully saturated rings. The Morgan fingerprint density at radius 1 is 1.00 bits per heavy atom. The van der Waals surface area contributed by atoms with Crippen molar-refractivity contribution in [3.63, 3.8) is 0 Å². The van der Waals surface area contributed by atoms with Gasteiger partial charge in [-0.1, -0.05) is 39.0 Å². The van der Waals surface area contributed by atoms with Crippen LogP contribution in [0.4, 0.5) is 0 Å². The van der Waals surface area contributed by atoms with Crippen molar-refractivity contribution in [3.8, 4) is 0 Å². The molecule has 1 saturated heterocycles. The highest BCUT2D eigenvalue weighted by Gasteiger charge is 2.26. The van der Waals surface area contributed by atoms with Gasteiger partial charge in [0.2, 0.25) is 0 Å². The molecule has 3 heteroatoms. The van der Waals surface area contributed by atoms with Crippen LogP contribution in [0.15, 0.2) is 0 Å². The van der Waals surface area contributed by atoms with Gasteiger partial charge in [-0.15, -0.1) is 0 Å². The maximum Gasteiger partial charge on any atom is 0.157 e. The fourth-order valence-corrected chi connectivity index (χ4v) is 2.52. The first-order chi connectivity index (χ1) is 9.51. The van der Waals surface area contributed by atoms with Crippen molar-refractivity contribution in [1.82, 2.24) is 0 Å². The maximum absolute atomic E-state index is 5.93. The summed E-state index contributed by atoms with van der Waals surface area (Å²) in [4.78, 5) is 0. The molecule has 0 amide bonds. The minimum Gasteiger partial charge on any atom is -0.370 e. The third-order valence-electron chi connectivity index (χ3n) is 3.51. The van der Waals surface area contributed by atoms with Gasteiger partial charge in [0.15, 0.2) is 6.29 Å². The molecule has 1 aliphatic rings. The predicted molar refractivity (Wildman–Crippen MR) is 82.9 cm³/mol. The molecule has 20 heavy (non-hydrogen) atoms. The average Bonchev–Trinajstić information content (AvgIpc) is 2.38. The number of rotatable bonds is 9. The van der Waals surface area contributed by atoms with Gasteiger partial charge in [-0.2, -0.15) is 0 Å². The Kier molecular flexibility index (Phi) is 8.74. The monoisotopic (exact) mass is 286 g/mol. The van der Waals surface area contributed by atoms with Gasteiger partial charge in [-0.05, 0) is 33.6 Å². The molecule has 120 valence electrons. The molecule has 0 spiro atoms. The number of hydrogen-bond donors (Lipinski definition) is 0. The van der Waals surface area contributed by atoms with E-state index in [4.69, 9.17) is 14.2 Å². The quantitative estimate of drug-likeness (QED) is 0.576. The van der Waals surface area contributed by atoms with Crippen LogP contribution in [-0.2, 0) is 14.2 Å². The SMILES string of the molecule is CCCCCCCCO[C@@H]1CC[C@@H](OC(C)(C)C)CO1. The van der Waals surface area contributed by atoms with Gasteiger partial charge < -0.3 is 14.2 Å². The second-order valence-electron chi connectivity index (χ2n) is 6.83. The Labute approximate surface area is 125 Å². The summed E-state index contributed by atoms with van der Waals surface area (Å²) >= 11 is 0. The molecule has 0 bridgehead atoms. The summed E-state index contributed by atoms with van der Waals surface area (Å²) < 4.78 is 17.5. The van der Waals surface area contributed by atoms with Crippen LogP contribution in [0.3, 0.4) is 0 Å². The van der Waals surface area contributed by atoms with Crippen LogP contribution in [0, 0.1) is 0 Å². The van der Waals surface area contributed by atoms with Crippen LogP contribution in [0.25, 0.3) is 0 Å². The van der Waals surface area contributed by atoms with Gasteiger partial charge in [-0.25, -0.2) is 0 Å². The second kappa shape index (κ2) is 9.75. The Morgan fingerprint density at radius 2 is 1.70 bits per heavy atom. The summed E-state index contributed by atoms with van der Waals surface area (Å²) in [7, 11) is 0. The van der Waals surface area contributed by atoms with Crippen LogP contribution in [0.5, 0.6) is 0 Å². The zero-order valence-electron chi connectivity index (χ0n) is 14.0. The van der Waals surface area contributed by atoms with Crippen molar-refractivity contribution in [2.45, 2.75) is 97.1 Å². The molecule has 1 heterocycles. The third kappa shape index (κ3) is 8.93. The van der Waals surface area contributed by atoms with Crippen molar-refractivity contribution in [2.24, 2.45) is 0 Å². The highest BCUT2D eigenvalue weighted by molar-refractivity contribution is 4.70. The largest absolute Gasteiger partial charge is 0.370 e. The topological polar surface area (TPSA) is 27.7 Å². The molecule has 1 rings (SSSR count). The Morgan fingerprint density at radius 3 is 2.30 bits per heavy atom. The van der Waals surface area contributed by atoms with Crippen molar-refractivity contribution >= 4 is 0 Å². The van der Waals surface area contributed by atoms with Gasteiger partial charge in [0.1, 0.15) is 0 Å². The lowest BCUT2D eigenvalue weighted by molar-refractivity contribution is -0.209. The zero-order valence-corrected chi connectivity index (χ0v) is 14.0. The van der Waals surface area contributed by atoms with E-state index in [9.17, 15) is 0 Å². The molecule has 0 aromatic carbocycles. The van der Waals surface area contributed by atoms with E-state index in [1.807, 2.05) is 0 Å². The summed E-state index contributed by atoms with van der Waals surface area (Å²) in [6, 6.07) is 0. The van der Waals surface area contributed by atoms with Crippen LogP contribution in [-0.4, -0.2) is 31.2 Å². The molecule has 1 aliphatic heterocycles. The first-order valence-corrected chi connectivity index (χ1v) is 8.42. The van der Waals surface area contributed by atoms with Crippen LogP contribution in [0.2, 0.25) is 0 Å². The zero-order chi connectivity index (χ0) is 14.8. The van der Waals surface area contributed by atoms with Crippen molar-refractivity contribution < 1.29 is 14.2 Å². The normalized spacial score (nSPS) is 24.0. The highest BCUT2D eigenvalue weighted by atomic mass is 16.7. The molecule has 3 nitrogen and oxygen atoms in total. The van der Waals surface area contributed by atoms with Crippen molar-refractivity contribution in [3.05, 3.63) is 0 Å². The summed E-state index contributed by atoms with van der Waals surface area (Å²) in [6.07, 6.45) is 10.0. The molecule has 2 atom stereocenters. The number of ether oxygens (including phenoxy) is 3. The lowest BCUT2D eigenvalue weighted by Gasteiger charge is -2.33. The molecule has 0 aliphatic carbocycles. The second-order valence-corrected chi connectivity index (χ2v) is 6.83. The minimum absolute atomic E-state index is 0.00883. The Hall–Kier alpha value is -0.120. The van der Waals surface area contributed by atoms with Gasteiger partial charge in [0.25, 0.3) is 0 Å². The molecule has 0 unspecified atom stereocenters. The van der Waals surface area contributed by atoms with Gasteiger partial charge >= 0.3 is 0 Å². The summed E-state index contributed by atoms with van der Waals surface area (Å²) in [5.74, 6) is 0. The molecule has 0 aromatic rings. The van der Waals surface area contributed by atoms with E-state index in [0.29, 0.717) is 6.61 Å². The van der Waals surface area contributed by atoms with Crippen LogP contribution < -0.4 is 0 Å². The number of hydrogen-bond acceptors (Lipinski definition) is 3. The van der Waals surface area contributed by atoms with Crippen LogP contribution in [0.1, 0.15) is 79.1 Å². The highest BCUT2D eigenvalue weighted by Crippen LogP contribution is 2.21. The molecule has 0 saturated carbocycles. The predicted octanol–water partition coefficient (Wildman–Crippen LogP) is 4.68. The van der Waals surface area contributed by atoms with E-state index < -0.39 is 0 Å². The van der Waals surface area contributed by atoms with E-state index in [1.165, 1.54) is 32.1 Å². The molecule has 0 aromatic heterocycles. The third-order valence-corrected chi connectivity index (χ3v) is 3.51. The lowest BCUT2D eigenvalue weighted by atomic mass is 10.1. The first kappa shape index (κ1) is 17.9. The lowest BCUT2D eigenvalue weighted by Crippen LogP contribution is -2.37. The van der Waals surface area contributed by atoms with E-state index in [-0.39, 0.29) is 18.0 Å². The van der Waals surface area contributed by atoms with Crippen molar-refractivity contribution in [2.75, 3.05) is 13.2 Å². The van der Waals surface area contributed by atoms with Gasteiger partial charge in [0.05, 0.1) is 18.3 Å². The van der Waals surface area contributed by atoms with E-state index in [2.05, 4.69) is 27.7 Å². The Balaban J connectivity index is 1.97. The van der Waals surface area contributed by atoms with E-state index >= 15 is 0 Å². The summed E-state index contributed by atoms with van der Waals surface area (Å²) in [5.41, 5.74) is -0.0831. The standard InChI is InChI=1S/C17H34O3/c1-5-6-7-8-9-10-13-18-16-12-11-15(14-19-16)20-17(2,3)4/h15-16H,5-14H2,1-4H3/t15-,16+/m1/s1. The maximum atomic E-state index is 5.93. The molecule has 0 radical (unpaired) electrons. The fraction of sp³-hybridized carbons (Fsp3) is 1.00. The van der Waals surface area contributed by atoms with E-state index in [1.54, 1.807) is 0 Å². The molecule has 0 N–H and O–H groups in total. The summed E-state index contributed by atoms with van der Waals surface area (Å²) in [5, 5.41) is 0. The minimum atomic E-state index is -0.0831. The van der Waals surface area contributed by atoms with Gasteiger partial charge in [-0.3, -0.25) is 0 Å².